The summed E-state index contributed by atoms with van der Waals surface area (Å²) in [5, 5.41) is 7.94. The normalized spacial score (nSPS) is 12.9. The molecule has 2 rings (SSSR count). The van der Waals surface area contributed by atoms with E-state index in [-0.39, 0.29) is 5.38 Å². The van der Waals surface area contributed by atoms with Crippen molar-refractivity contribution in [3.63, 3.8) is 0 Å². The van der Waals surface area contributed by atoms with Gasteiger partial charge in [-0.15, -0.1) is 16.7 Å². The molecule has 0 fully saturated rings. The fourth-order valence-electron chi connectivity index (χ4n) is 1.34. The predicted molar refractivity (Wildman–Crippen MR) is 64.4 cm³/mol. The minimum atomic E-state index is -0.0721. The maximum atomic E-state index is 6.06. The zero-order valence-electron chi connectivity index (χ0n) is 8.73. The molecular weight excluding hydrogens is 293 g/mol. The van der Waals surface area contributed by atoms with E-state index in [2.05, 4.69) is 26.2 Å². The van der Waals surface area contributed by atoms with Crippen LogP contribution in [0.3, 0.4) is 0 Å². The molecule has 4 nitrogen and oxygen atoms in total. The lowest BCUT2D eigenvalue weighted by Gasteiger charge is -1.98. The summed E-state index contributed by atoms with van der Waals surface area (Å²) in [4.78, 5) is 0. The molecule has 0 amide bonds. The molecular formula is C10H11BrClN3O. The van der Waals surface area contributed by atoms with Crippen molar-refractivity contribution >= 4 is 27.5 Å². The van der Waals surface area contributed by atoms with Crippen LogP contribution in [0.1, 0.15) is 30.2 Å². The number of rotatable bonds is 4. The highest BCUT2D eigenvalue weighted by Crippen LogP contribution is 2.21. The summed E-state index contributed by atoms with van der Waals surface area (Å²) in [6.45, 7) is 2.58. The van der Waals surface area contributed by atoms with Crippen molar-refractivity contribution in [2.24, 2.45) is 0 Å². The van der Waals surface area contributed by atoms with Gasteiger partial charge in [-0.3, -0.25) is 0 Å². The smallest absolute Gasteiger partial charge is 0.169 e. The molecule has 2 heterocycles. The zero-order chi connectivity index (χ0) is 11.5. The number of hydrogen-bond acceptors (Lipinski definition) is 3. The second kappa shape index (κ2) is 5.01. The first-order chi connectivity index (χ1) is 7.69. The van der Waals surface area contributed by atoms with Gasteiger partial charge in [0.2, 0.25) is 0 Å². The summed E-state index contributed by atoms with van der Waals surface area (Å²) in [5.41, 5.74) is 0.801. The molecule has 0 N–H and O–H groups in total. The van der Waals surface area contributed by atoms with Crippen molar-refractivity contribution in [1.82, 2.24) is 15.0 Å². The van der Waals surface area contributed by atoms with Crippen LogP contribution in [-0.2, 0) is 6.54 Å². The Bertz CT molecular complexity index is 468. The third-order valence-corrected chi connectivity index (χ3v) is 3.14. The highest BCUT2D eigenvalue weighted by atomic mass is 79.9. The molecule has 0 radical (unpaired) electrons. The standard InChI is InChI=1S/C10H11BrClN3O/c1-2-8(12)9-6-15(14-13-9)5-7-3-4-10(11)16-7/h3-4,6,8H,2,5H2,1H3. The van der Waals surface area contributed by atoms with Crippen molar-refractivity contribution in [3.8, 4) is 0 Å². The number of nitrogens with zero attached hydrogens (tertiary/aromatic N) is 3. The fraction of sp³-hybridized carbons (Fsp3) is 0.400. The van der Waals surface area contributed by atoms with Crippen LogP contribution in [0.2, 0.25) is 0 Å². The third kappa shape index (κ3) is 2.65. The molecule has 0 spiro atoms. The molecule has 0 saturated carbocycles. The second-order valence-electron chi connectivity index (χ2n) is 3.42. The van der Waals surface area contributed by atoms with Gasteiger partial charge in [0.1, 0.15) is 18.0 Å². The number of alkyl halides is 1. The lowest BCUT2D eigenvalue weighted by atomic mass is 10.3. The maximum absolute atomic E-state index is 6.06. The molecule has 86 valence electrons. The monoisotopic (exact) mass is 303 g/mol. The van der Waals surface area contributed by atoms with Crippen molar-refractivity contribution in [3.05, 3.63) is 34.5 Å². The number of hydrogen-bond donors (Lipinski definition) is 0. The van der Waals surface area contributed by atoms with Crippen molar-refractivity contribution in [2.45, 2.75) is 25.3 Å². The van der Waals surface area contributed by atoms with Gasteiger partial charge in [0.25, 0.3) is 0 Å². The maximum Gasteiger partial charge on any atom is 0.169 e. The van der Waals surface area contributed by atoms with Crippen LogP contribution in [-0.4, -0.2) is 15.0 Å². The first-order valence-electron chi connectivity index (χ1n) is 4.97. The van der Waals surface area contributed by atoms with E-state index in [4.69, 9.17) is 16.0 Å². The molecule has 0 saturated heterocycles. The molecule has 16 heavy (non-hydrogen) atoms. The average Bonchev–Trinajstić information content (AvgIpc) is 2.87. The van der Waals surface area contributed by atoms with Gasteiger partial charge in [0, 0.05) is 0 Å². The van der Waals surface area contributed by atoms with E-state index in [1.54, 1.807) is 4.68 Å². The quantitative estimate of drug-likeness (QED) is 0.813. The van der Waals surface area contributed by atoms with Crippen LogP contribution in [0.25, 0.3) is 0 Å². The minimum absolute atomic E-state index is 0.0721. The molecule has 2 aromatic heterocycles. The highest BCUT2D eigenvalue weighted by molar-refractivity contribution is 9.10. The fourth-order valence-corrected chi connectivity index (χ4v) is 1.78. The second-order valence-corrected chi connectivity index (χ2v) is 4.73. The lowest BCUT2D eigenvalue weighted by molar-refractivity contribution is 0.459. The summed E-state index contributed by atoms with van der Waals surface area (Å²) in [7, 11) is 0. The molecule has 1 unspecified atom stereocenters. The molecule has 0 aliphatic rings. The van der Waals surface area contributed by atoms with E-state index < -0.39 is 0 Å². The Hall–Kier alpha value is -0.810. The largest absolute Gasteiger partial charge is 0.452 e. The van der Waals surface area contributed by atoms with E-state index in [9.17, 15) is 0 Å². The van der Waals surface area contributed by atoms with E-state index in [1.807, 2.05) is 25.3 Å². The molecule has 0 aliphatic carbocycles. The van der Waals surface area contributed by atoms with Gasteiger partial charge >= 0.3 is 0 Å². The minimum Gasteiger partial charge on any atom is -0.452 e. The predicted octanol–water partition coefficient (Wildman–Crippen LogP) is 3.37. The zero-order valence-corrected chi connectivity index (χ0v) is 11.1. The number of aromatic nitrogens is 3. The molecule has 0 bridgehead atoms. The van der Waals surface area contributed by atoms with Crippen LogP contribution in [0.5, 0.6) is 0 Å². The van der Waals surface area contributed by atoms with E-state index in [1.165, 1.54) is 0 Å². The van der Waals surface area contributed by atoms with Crippen LogP contribution in [0.15, 0.2) is 27.4 Å². The third-order valence-electron chi connectivity index (χ3n) is 2.18. The van der Waals surface area contributed by atoms with Crippen molar-refractivity contribution < 1.29 is 4.42 Å². The van der Waals surface area contributed by atoms with Crippen LogP contribution in [0.4, 0.5) is 0 Å². The molecule has 0 aromatic carbocycles. The summed E-state index contributed by atoms with van der Waals surface area (Å²) in [6, 6.07) is 3.74. The Labute approximate surface area is 107 Å². The average molecular weight is 305 g/mol. The Morgan fingerprint density at radius 2 is 2.38 bits per heavy atom. The first kappa shape index (κ1) is 11.7. The van der Waals surface area contributed by atoms with Crippen molar-refractivity contribution in [1.29, 1.82) is 0 Å². The van der Waals surface area contributed by atoms with Crippen LogP contribution >= 0.6 is 27.5 Å². The summed E-state index contributed by atoms with van der Waals surface area (Å²) in [6.07, 6.45) is 2.68. The van der Waals surface area contributed by atoms with Gasteiger partial charge in [-0.05, 0) is 34.5 Å². The molecule has 6 heteroatoms. The Balaban J connectivity index is 2.08. The van der Waals surface area contributed by atoms with E-state index >= 15 is 0 Å². The molecule has 1 atom stereocenters. The lowest BCUT2D eigenvalue weighted by Crippen LogP contribution is -1.98. The first-order valence-corrected chi connectivity index (χ1v) is 6.20. The Morgan fingerprint density at radius 1 is 1.56 bits per heavy atom. The van der Waals surface area contributed by atoms with Gasteiger partial charge in [0.05, 0.1) is 11.6 Å². The van der Waals surface area contributed by atoms with Gasteiger partial charge in [0.15, 0.2) is 4.67 Å². The summed E-state index contributed by atoms with van der Waals surface area (Å²) in [5.74, 6) is 0.825. The van der Waals surface area contributed by atoms with Crippen LogP contribution in [0, 0.1) is 0 Å². The van der Waals surface area contributed by atoms with E-state index in [0.29, 0.717) is 11.2 Å². The topological polar surface area (TPSA) is 43.9 Å². The summed E-state index contributed by atoms with van der Waals surface area (Å²) >= 11 is 9.32. The summed E-state index contributed by atoms with van der Waals surface area (Å²) < 4.78 is 7.81. The number of halogens is 2. The van der Waals surface area contributed by atoms with E-state index in [0.717, 1.165) is 17.9 Å². The van der Waals surface area contributed by atoms with Crippen molar-refractivity contribution in [2.75, 3.05) is 0 Å². The van der Waals surface area contributed by atoms with Gasteiger partial charge in [-0.25, -0.2) is 4.68 Å². The van der Waals surface area contributed by atoms with Gasteiger partial charge < -0.3 is 4.42 Å². The Morgan fingerprint density at radius 3 is 3.00 bits per heavy atom. The molecule has 2 aromatic rings. The molecule has 0 aliphatic heterocycles. The SMILES string of the molecule is CCC(Cl)c1cn(Cc2ccc(Br)o2)nn1. The highest BCUT2D eigenvalue weighted by Gasteiger charge is 2.10. The number of furan rings is 1. The Kier molecular flexibility index (Phi) is 3.66. The van der Waals surface area contributed by atoms with Gasteiger partial charge in [-0.1, -0.05) is 12.1 Å². The van der Waals surface area contributed by atoms with Crippen LogP contribution < -0.4 is 0 Å². The van der Waals surface area contributed by atoms with Gasteiger partial charge in [-0.2, -0.15) is 0 Å².